The number of aryl methyl sites for hydroxylation is 1. The molecule has 0 atom stereocenters. The van der Waals surface area contributed by atoms with Crippen molar-refractivity contribution in [1.82, 2.24) is 13.5 Å². The number of hydrogen-bond acceptors (Lipinski definition) is 4. The molecule has 11 heteroatoms. The lowest BCUT2D eigenvalue weighted by molar-refractivity contribution is -0.144. The predicted octanol–water partition coefficient (Wildman–Crippen LogP) is 4.89. The lowest BCUT2D eigenvalue weighted by Gasteiger charge is -2.14. The molecule has 0 bridgehead atoms. The molecule has 31 heavy (non-hydrogen) atoms. The summed E-state index contributed by atoms with van der Waals surface area (Å²) in [6.45, 7) is 1.82. The third kappa shape index (κ3) is 3.65. The first-order chi connectivity index (χ1) is 14.5. The summed E-state index contributed by atoms with van der Waals surface area (Å²) in [7, 11) is 0.954. The summed E-state index contributed by atoms with van der Waals surface area (Å²) in [5.74, 6) is -0.224. The molecular formula is C20H12F3IN3O3S. The van der Waals surface area contributed by atoms with Crippen LogP contribution < -0.4 is 11.2 Å². The van der Waals surface area contributed by atoms with Gasteiger partial charge in [-0.25, -0.2) is 9.36 Å². The summed E-state index contributed by atoms with van der Waals surface area (Å²) in [4.78, 5) is 25.0. The quantitative estimate of drug-likeness (QED) is 0.329. The molecule has 4 aromatic rings. The first kappa shape index (κ1) is 21.6. The summed E-state index contributed by atoms with van der Waals surface area (Å²) >= 11 is 3.25. The normalized spacial score (nSPS) is 11.9. The zero-order valence-electron chi connectivity index (χ0n) is 16.0. The minimum Gasteiger partial charge on any atom is -0.292 e. The second-order valence-corrected chi connectivity index (χ2v) is 8.82. The fourth-order valence-electron chi connectivity index (χ4n) is 3.24. The molecule has 6 nitrogen and oxygen atoms in total. The molecule has 2 heterocycles. The Morgan fingerprint density at radius 1 is 1.10 bits per heavy atom. The van der Waals surface area contributed by atoms with Crippen LogP contribution in [0.25, 0.3) is 27.0 Å². The molecule has 4 rings (SSSR count). The standard InChI is InChI=1S/C20H12F3IN3O3S/c1-9-5-14(28)11(7-13(9)24)18-12-6-10(3-4-15(12)31-25-18)27-17(29)8-16(20(21,22)23)26(2)19(27)30/h3-8H,1-2H3. The molecule has 0 N–H and O–H groups in total. The molecule has 159 valence electrons. The van der Waals surface area contributed by atoms with Gasteiger partial charge >= 0.3 is 11.9 Å². The van der Waals surface area contributed by atoms with Crippen molar-refractivity contribution in [3.8, 4) is 22.7 Å². The SMILES string of the molecule is Cc1cc([O])c(-c2nsc3ccc(-n4c(=O)cc(C(F)(F)F)n(C)c4=O)cc23)cc1I. The van der Waals surface area contributed by atoms with Gasteiger partial charge in [0.05, 0.1) is 21.6 Å². The van der Waals surface area contributed by atoms with Gasteiger partial charge in [0, 0.05) is 22.1 Å². The number of rotatable bonds is 2. The van der Waals surface area contributed by atoms with Crippen LogP contribution in [0, 0.1) is 10.5 Å². The zero-order valence-corrected chi connectivity index (χ0v) is 18.9. The molecule has 0 amide bonds. The fourth-order valence-corrected chi connectivity index (χ4v) is 4.47. The summed E-state index contributed by atoms with van der Waals surface area (Å²) in [5, 5.41) is 13.0. The number of aromatic nitrogens is 3. The largest absolute Gasteiger partial charge is 0.431 e. The number of nitrogens with zero attached hydrogens (tertiary/aromatic N) is 3. The van der Waals surface area contributed by atoms with E-state index in [1.54, 1.807) is 12.1 Å². The van der Waals surface area contributed by atoms with Gasteiger partial charge < -0.3 is 0 Å². The third-order valence-corrected chi connectivity index (χ3v) is 6.83. The Bertz CT molecular complexity index is 1470. The number of hydrogen-bond donors (Lipinski definition) is 0. The molecule has 0 aliphatic carbocycles. The van der Waals surface area contributed by atoms with Crippen molar-refractivity contribution >= 4 is 44.2 Å². The Hall–Kier alpha value is -2.67. The summed E-state index contributed by atoms with van der Waals surface area (Å²) in [6.07, 6.45) is -4.84. The van der Waals surface area contributed by atoms with E-state index in [0.717, 1.165) is 27.7 Å². The summed E-state index contributed by atoms with van der Waals surface area (Å²) in [6, 6.07) is 8.15. The second-order valence-electron chi connectivity index (χ2n) is 6.85. The highest BCUT2D eigenvalue weighted by atomic mass is 127. The van der Waals surface area contributed by atoms with Crippen molar-refractivity contribution in [3.05, 3.63) is 72.1 Å². The van der Waals surface area contributed by atoms with Gasteiger partial charge in [-0.3, -0.25) is 14.5 Å². The van der Waals surface area contributed by atoms with Gasteiger partial charge in [0.1, 0.15) is 5.69 Å². The highest BCUT2D eigenvalue weighted by molar-refractivity contribution is 14.1. The average Bonchev–Trinajstić information content (AvgIpc) is 3.10. The van der Waals surface area contributed by atoms with Crippen LogP contribution >= 0.6 is 34.1 Å². The van der Waals surface area contributed by atoms with Crippen LogP contribution in [0.5, 0.6) is 5.75 Å². The topological polar surface area (TPSA) is 76.8 Å². The Balaban J connectivity index is 1.96. The van der Waals surface area contributed by atoms with E-state index in [4.69, 9.17) is 0 Å². The number of benzene rings is 2. The highest BCUT2D eigenvalue weighted by Crippen LogP contribution is 2.38. The second kappa shape index (κ2) is 7.48. The molecule has 0 saturated carbocycles. The van der Waals surface area contributed by atoms with Crippen molar-refractivity contribution in [2.75, 3.05) is 0 Å². The van der Waals surface area contributed by atoms with Crippen molar-refractivity contribution in [2.24, 2.45) is 7.05 Å². The lowest BCUT2D eigenvalue weighted by Crippen LogP contribution is -2.40. The first-order valence-corrected chi connectivity index (χ1v) is 10.6. The maximum absolute atomic E-state index is 13.1. The van der Waals surface area contributed by atoms with Crippen LogP contribution in [0.3, 0.4) is 0 Å². The maximum atomic E-state index is 13.1. The zero-order chi connectivity index (χ0) is 22.7. The average molecular weight is 558 g/mol. The molecule has 0 spiro atoms. The van der Waals surface area contributed by atoms with Crippen LogP contribution in [-0.4, -0.2) is 13.5 Å². The molecular weight excluding hydrogens is 546 g/mol. The van der Waals surface area contributed by atoms with Gasteiger partial charge in [-0.2, -0.15) is 17.5 Å². The van der Waals surface area contributed by atoms with E-state index >= 15 is 0 Å². The van der Waals surface area contributed by atoms with E-state index in [0.29, 0.717) is 36.5 Å². The van der Waals surface area contributed by atoms with E-state index < -0.39 is 23.1 Å². The predicted molar refractivity (Wildman–Crippen MR) is 118 cm³/mol. The first-order valence-electron chi connectivity index (χ1n) is 8.76. The molecule has 0 fully saturated rings. The van der Waals surface area contributed by atoms with E-state index in [-0.39, 0.29) is 11.4 Å². The number of halogens is 4. The number of alkyl halides is 3. The van der Waals surface area contributed by atoms with Crippen molar-refractivity contribution < 1.29 is 18.3 Å². The van der Waals surface area contributed by atoms with E-state index in [1.807, 2.05) is 6.92 Å². The third-order valence-electron chi connectivity index (χ3n) is 4.84. The Labute approximate surface area is 190 Å². The van der Waals surface area contributed by atoms with Crippen LogP contribution in [0.15, 0.2) is 46.0 Å². The molecule has 0 unspecified atom stereocenters. The van der Waals surface area contributed by atoms with Gasteiger partial charge in [-0.05, 0) is 76.9 Å². The number of fused-ring (bicyclic) bond motifs is 1. The maximum Gasteiger partial charge on any atom is 0.431 e. The molecule has 2 aromatic carbocycles. The monoisotopic (exact) mass is 558 g/mol. The molecule has 0 saturated heterocycles. The van der Waals surface area contributed by atoms with Crippen molar-refractivity contribution in [2.45, 2.75) is 13.1 Å². The lowest BCUT2D eigenvalue weighted by atomic mass is 10.0. The Kier molecular flexibility index (Phi) is 5.20. The van der Waals surface area contributed by atoms with Crippen LogP contribution in [0.1, 0.15) is 11.3 Å². The molecule has 1 radical (unpaired) electrons. The Morgan fingerprint density at radius 2 is 1.81 bits per heavy atom. The Morgan fingerprint density at radius 3 is 2.48 bits per heavy atom. The van der Waals surface area contributed by atoms with Crippen LogP contribution in [0.4, 0.5) is 13.2 Å². The fraction of sp³-hybridized carbons (Fsp3) is 0.150. The smallest absolute Gasteiger partial charge is 0.292 e. The minimum absolute atomic E-state index is 0.0857. The minimum atomic E-state index is -4.84. The van der Waals surface area contributed by atoms with Crippen LogP contribution in [-0.2, 0) is 18.3 Å². The summed E-state index contributed by atoms with van der Waals surface area (Å²) < 4.78 is 46.3. The van der Waals surface area contributed by atoms with Gasteiger partial charge in [0.2, 0.25) is 0 Å². The van der Waals surface area contributed by atoms with Crippen LogP contribution in [0.2, 0.25) is 0 Å². The van der Waals surface area contributed by atoms with E-state index in [1.165, 1.54) is 18.2 Å². The van der Waals surface area contributed by atoms with Gasteiger partial charge in [0.15, 0.2) is 5.75 Å². The summed E-state index contributed by atoms with van der Waals surface area (Å²) in [5.41, 5.74) is -1.89. The van der Waals surface area contributed by atoms with Gasteiger partial charge in [0.25, 0.3) is 5.56 Å². The molecule has 0 aliphatic rings. The molecule has 0 aliphatic heterocycles. The molecule has 2 aromatic heterocycles. The highest BCUT2D eigenvalue weighted by Gasteiger charge is 2.35. The van der Waals surface area contributed by atoms with Crippen molar-refractivity contribution in [3.63, 3.8) is 0 Å². The van der Waals surface area contributed by atoms with Gasteiger partial charge in [-0.15, -0.1) is 0 Å². The van der Waals surface area contributed by atoms with E-state index in [2.05, 4.69) is 27.0 Å². The van der Waals surface area contributed by atoms with Crippen molar-refractivity contribution in [1.29, 1.82) is 0 Å². The van der Waals surface area contributed by atoms with E-state index in [9.17, 15) is 27.9 Å². The van der Waals surface area contributed by atoms with Gasteiger partial charge in [-0.1, -0.05) is 0 Å².